The lowest BCUT2D eigenvalue weighted by molar-refractivity contribution is 0.212. The molecule has 0 spiro atoms. The van der Waals surface area contributed by atoms with Crippen molar-refractivity contribution < 1.29 is 19.3 Å². The van der Waals surface area contributed by atoms with Gasteiger partial charge < -0.3 is 19.3 Å². The number of rotatable bonds is 17. The van der Waals surface area contributed by atoms with Gasteiger partial charge in [0.1, 0.15) is 6.61 Å². The maximum atomic E-state index is 8.86. The predicted molar refractivity (Wildman–Crippen MR) is 128 cm³/mol. The summed E-state index contributed by atoms with van der Waals surface area (Å²) in [5, 5.41) is 8.86. The summed E-state index contributed by atoms with van der Waals surface area (Å²) in [5.41, 5.74) is 3.10. The molecular weight excluding hydrogens is 390 g/mol. The molecule has 0 aliphatic rings. The lowest BCUT2D eigenvalue weighted by Crippen LogP contribution is -2.05. The first-order valence-electron chi connectivity index (χ1n) is 11.5. The molecule has 0 saturated heterocycles. The van der Waals surface area contributed by atoms with E-state index in [1.165, 1.54) is 19.3 Å². The fourth-order valence-corrected chi connectivity index (χ4v) is 3.26. The van der Waals surface area contributed by atoms with Crippen LogP contribution >= 0.6 is 0 Å². The molecule has 174 valence electrons. The first kappa shape index (κ1) is 26.8. The third kappa shape index (κ3) is 11.6. The molecular formula is C26H41NO4. The van der Waals surface area contributed by atoms with E-state index >= 15 is 0 Å². The van der Waals surface area contributed by atoms with E-state index in [4.69, 9.17) is 24.3 Å². The van der Waals surface area contributed by atoms with Gasteiger partial charge in [-0.25, -0.2) is 4.99 Å². The van der Waals surface area contributed by atoms with Gasteiger partial charge in [0.15, 0.2) is 5.76 Å². The summed E-state index contributed by atoms with van der Waals surface area (Å²) >= 11 is 0. The van der Waals surface area contributed by atoms with Crippen LogP contribution in [0, 0.1) is 0 Å². The minimum absolute atomic E-state index is 0.300. The summed E-state index contributed by atoms with van der Waals surface area (Å²) in [7, 11) is 3.28. The van der Waals surface area contributed by atoms with Crippen LogP contribution in [-0.2, 0) is 20.8 Å². The topological polar surface area (TPSA) is 60.3 Å². The van der Waals surface area contributed by atoms with Gasteiger partial charge in [0.05, 0.1) is 26.2 Å². The van der Waals surface area contributed by atoms with E-state index in [2.05, 4.69) is 12.1 Å². The van der Waals surface area contributed by atoms with Gasteiger partial charge in [0.25, 0.3) is 5.88 Å². The normalized spacial score (nSPS) is 13.1. The van der Waals surface area contributed by atoms with E-state index in [9.17, 15) is 0 Å². The Morgan fingerprint density at radius 1 is 0.935 bits per heavy atom. The molecule has 0 bridgehead atoms. The Morgan fingerprint density at radius 2 is 1.58 bits per heavy atom. The van der Waals surface area contributed by atoms with Crippen LogP contribution in [0.3, 0.4) is 0 Å². The quantitative estimate of drug-likeness (QED) is 0.173. The second-order valence-corrected chi connectivity index (χ2v) is 7.59. The van der Waals surface area contributed by atoms with Crippen molar-refractivity contribution in [2.75, 3.05) is 20.8 Å². The van der Waals surface area contributed by atoms with E-state index < -0.39 is 0 Å². The summed E-state index contributed by atoms with van der Waals surface area (Å²) in [6.07, 6.45) is 11.2. The van der Waals surface area contributed by atoms with E-state index in [1.54, 1.807) is 20.5 Å². The Kier molecular flexibility index (Phi) is 15.0. The maximum absolute atomic E-state index is 8.86. The molecule has 1 aromatic rings. The summed E-state index contributed by atoms with van der Waals surface area (Å²) in [6, 6.07) is 10.1. The number of aliphatic imine (C=N–C) groups is 1. The number of allylic oxidation sites excluding steroid dienone is 2. The van der Waals surface area contributed by atoms with Gasteiger partial charge in [-0.2, -0.15) is 0 Å². The van der Waals surface area contributed by atoms with Crippen molar-refractivity contribution in [3.63, 3.8) is 0 Å². The minimum atomic E-state index is 0.300. The summed E-state index contributed by atoms with van der Waals surface area (Å²) in [4.78, 5) is 4.79. The molecule has 5 heteroatoms. The molecule has 1 N–H and O–H groups in total. The molecule has 0 amide bonds. The average molecular weight is 432 g/mol. The van der Waals surface area contributed by atoms with Crippen molar-refractivity contribution in [2.45, 2.75) is 78.2 Å². The highest BCUT2D eigenvalue weighted by molar-refractivity contribution is 5.99. The standard InChI is InChI=1S/C26H41NO4/c1-5-25(29-3)26(30-4)27-24(18-14-9-7-6-8-10-15-19-28)22(2)20-31-21-23-16-12-11-13-17-23/h11-13,16-17,20,28H,5-10,14-15,18-19,21H2,1-4H3/b22-20-,26-25-,27-24-. The largest absolute Gasteiger partial charge is 0.496 e. The Labute approximate surface area is 188 Å². The molecule has 0 heterocycles. The van der Waals surface area contributed by atoms with Crippen LogP contribution in [0.4, 0.5) is 0 Å². The molecule has 0 atom stereocenters. The highest BCUT2D eigenvalue weighted by Gasteiger charge is 2.10. The second kappa shape index (κ2) is 17.4. The monoisotopic (exact) mass is 431 g/mol. The number of unbranched alkanes of at least 4 members (excludes halogenated alkanes) is 6. The van der Waals surface area contributed by atoms with Gasteiger partial charge in [-0.15, -0.1) is 0 Å². The zero-order valence-corrected chi connectivity index (χ0v) is 19.9. The SMILES string of the molecule is CC\C(OC)=C(/N=C(CCCCCCCCCO)\C(C)=C/OCc1ccccc1)OC. The molecule has 0 aromatic heterocycles. The van der Waals surface area contributed by atoms with Gasteiger partial charge >= 0.3 is 0 Å². The number of ether oxygens (including phenoxy) is 3. The van der Waals surface area contributed by atoms with E-state index in [0.717, 1.165) is 61.1 Å². The molecule has 0 saturated carbocycles. The number of aliphatic hydroxyl groups is 1. The van der Waals surface area contributed by atoms with Gasteiger partial charge in [-0.1, -0.05) is 69.4 Å². The van der Waals surface area contributed by atoms with Crippen LogP contribution in [0.25, 0.3) is 0 Å². The Balaban J connectivity index is 2.75. The van der Waals surface area contributed by atoms with Crippen LogP contribution < -0.4 is 0 Å². The number of aliphatic hydroxyl groups excluding tert-OH is 1. The smallest absolute Gasteiger partial charge is 0.252 e. The van der Waals surface area contributed by atoms with E-state index in [0.29, 0.717) is 19.1 Å². The molecule has 0 aliphatic heterocycles. The van der Waals surface area contributed by atoms with Crippen molar-refractivity contribution in [3.8, 4) is 0 Å². The molecule has 0 fully saturated rings. The zero-order chi connectivity index (χ0) is 22.7. The molecule has 0 aliphatic carbocycles. The van der Waals surface area contributed by atoms with E-state index in [1.807, 2.05) is 32.0 Å². The maximum Gasteiger partial charge on any atom is 0.252 e. The van der Waals surface area contributed by atoms with Crippen molar-refractivity contribution in [3.05, 3.63) is 59.4 Å². The van der Waals surface area contributed by atoms with Gasteiger partial charge in [-0.05, 0) is 31.7 Å². The number of hydrogen-bond donors (Lipinski definition) is 1. The molecule has 1 rings (SSSR count). The zero-order valence-electron chi connectivity index (χ0n) is 19.9. The van der Waals surface area contributed by atoms with Crippen molar-refractivity contribution in [1.29, 1.82) is 0 Å². The third-order valence-corrected chi connectivity index (χ3v) is 5.12. The number of nitrogens with zero attached hydrogens (tertiary/aromatic N) is 1. The lowest BCUT2D eigenvalue weighted by Gasteiger charge is -2.12. The molecule has 1 aromatic carbocycles. The highest BCUT2D eigenvalue weighted by Crippen LogP contribution is 2.17. The molecule has 0 radical (unpaired) electrons. The number of benzene rings is 1. The summed E-state index contributed by atoms with van der Waals surface area (Å²) in [6.45, 7) is 4.89. The Bertz CT molecular complexity index is 674. The predicted octanol–water partition coefficient (Wildman–Crippen LogP) is 6.53. The molecule has 0 unspecified atom stereocenters. The van der Waals surface area contributed by atoms with Gasteiger partial charge in [0, 0.05) is 18.6 Å². The Hall–Kier alpha value is -2.27. The summed E-state index contributed by atoms with van der Waals surface area (Å²) < 4.78 is 16.8. The second-order valence-electron chi connectivity index (χ2n) is 7.59. The van der Waals surface area contributed by atoms with Crippen molar-refractivity contribution in [2.24, 2.45) is 4.99 Å². The van der Waals surface area contributed by atoms with Gasteiger partial charge in [-0.3, -0.25) is 0 Å². The Morgan fingerprint density at radius 3 is 2.16 bits per heavy atom. The third-order valence-electron chi connectivity index (χ3n) is 5.12. The van der Waals surface area contributed by atoms with Crippen molar-refractivity contribution in [1.82, 2.24) is 0 Å². The lowest BCUT2D eigenvalue weighted by atomic mass is 10.0. The van der Waals surface area contributed by atoms with Crippen LogP contribution in [0.5, 0.6) is 0 Å². The fraction of sp³-hybridized carbons (Fsp3) is 0.577. The highest BCUT2D eigenvalue weighted by atomic mass is 16.5. The van der Waals surface area contributed by atoms with Crippen LogP contribution in [0.15, 0.2) is 58.8 Å². The number of methoxy groups -OCH3 is 2. The van der Waals surface area contributed by atoms with Crippen molar-refractivity contribution >= 4 is 5.71 Å². The van der Waals surface area contributed by atoms with E-state index in [-0.39, 0.29) is 0 Å². The first-order chi connectivity index (χ1) is 15.2. The van der Waals surface area contributed by atoms with Gasteiger partial charge in [0.2, 0.25) is 0 Å². The fourth-order valence-electron chi connectivity index (χ4n) is 3.26. The first-order valence-corrected chi connectivity index (χ1v) is 11.5. The molecule has 31 heavy (non-hydrogen) atoms. The van der Waals surface area contributed by atoms with Crippen LogP contribution in [-0.4, -0.2) is 31.6 Å². The van der Waals surface area contributed by atoms with Crippen LogP contribution in [0.2, 0.25) is 0 Å². The number of hydrogen-bond acceptors (Lipinski definition) is 5. The summed E-state index contributed by atoms with van der Waals surface area (Å²) in [5.74, 6) is 1.27. The minimum Gasteiger partial charge on any atom is -0.496 e. The van der Waals surface area contributed by atoms with Crippen LogP contribution in [0.1, 0.15) is 77.2 Å². The average Bonchev–Trinajstić information content (AvgIpc) is 2.80. The molecule has 5 nitrogen and oxygen atoms in total.